The predicted molar refractivity (Wildman–Crippen MR) is 91.9 cm³/mol. The van der Waals surface area contributed by atoms with Gasteiger partial charge in [0, 0.05) is 16.8 Å². The zero-order chi connectivity index (χ0) is 16.2. The number of carbonyl (C=O) groups is 1. The van der Waals surface area contributed by atoms with Crippen molar-refractivity contribution >= 4 is 23.2 Å². The van der Waals surface area contributed by atoms with E-state index in [0.717, 1.165) is 11.1 Å². The standard InChI is InChI=1S/C18H16ClN3O/c1-13-5-2-3-8-17(13)18(23)21-16-10-20-22(12-16)11-14-6-4-7-15(19)9-14/h2-10,12H,11H2,1H3,(H,21,23). The summed E-state index contributed by atoms with van der Waals surface area (Å²) in [7, 11) is 0. The second-order valence-electron chi connectivity index (χ2n) is 5.33. The molecule has 0 aliphatic heterocycles. The van der Waals surface area contributed by atoms with Gasteiger partial charge in [-0.15, -0.1) is 0 Å². The molecular weight excluding hydrogens is 310 g/mol. The Hall–Kier alpha value is -2.59. The number of aromatic nitrogens is 2. The van der Waals surface area contributed by atoms with Gasteiger partial charge in [-0.1, -0.05) is 41.9 Å². The van der Waals surface area contributed by atoms with Gasteiger partial charge in [0.2, 0.25) is 0 Å². The van der Waals surface area contributed by atoms with Crippen LogP contribution in [0.2, 0.25) is 5.02 Å². The lowest BCUT2D eigenvalue weighted by molar-refractivity contribution is 0.102. The third kappa shape index (κ3) is 3.79. The highest BCUT2D eigenvalue weighted by Gasteiger charge is 2.09. The molecule has 0 atom stereocenters. The normalized spacial score (nSPS) is 10.5. The molecule has 1 heterocycles. The Balaban J connectivity index is 1.70. The molecule has 0 radical (unpaired) electrons. The van der Waals surface area contributed by atoms with E-state index in [2.05, 4.69) is 10.4 Å². The molecule has 0 saturated heterocycles. The Bertz CT molecular complexity index is 842. The molecule has 5 heteroatoms. The van der Waals surface area contributed by atoms with Crippen LogP contribution in [0.15, 0.2) is 60.9 Å². The van der Waals surface area contributed by atoms with E-state index in [1.807, 2.05) is 49.4 Å². The van der Waals surface area contributed by atoms with E-state index in [1.54, 1.807) is 23.1 Å². The first-order valence-electron chi connectivity index (χ1n) is 7.26. The second kappa shape index (κ2) is 6.67. The van der Waals surface area contributed by atoms with Crippen LogP contribution < -0.4 is 5.32 Å². The molecule has 2 aromatic carbocycles. The van der Waals surface area contributed by atoms with Crippen LogP contribution in [0.25, 0.3) is 0 Å². The van der Waals surface area contributed by atoms with Crippen LogP contribution >= 0.6 is 11.6 Å². The van der Waals surface area contributed by atoms with Gasteiger partial charge in [0.15, 0.2) is 0 Å². The van der Waals surface area contributed by atoms with Gasteiger partial charge in [0.25, 0.3) is 5.91 Å². The van der Waals surface area contributed by atoms with Gasteiger partial charge in [-0.2, -0.15) is 5.10 Å². The second-order valence-corrected chi connectivity index (χ2v) is 5.76. The zero-order valence-corrected chi connectivity index (χ0v) is 13.4. The zero-order valence-electron chi connectivity index (χ0n) is 12.7. The maximum absolute atomic E-state index is 12.3. The summed E-state index contributed by atoms with van der Waals surface area (Å²) in [6.45, 7) is 2.51. The number of hydrogen-bond acceptors (Lipinski definition) is 2. The summed E-state index contributed by atoms with van der Waals surface area (Å²) >= 11 is 5.98. The average Bonchev–Trinajstić information content (AvgIpc) is 2.94. The molecule has 3 aromatic rings. The summed E-state index contributed by atoms with van der Waals surface area (Å²) in [6.07, 6.45) is 3.44. The molecule has 0 fully saturated rings. The SMILES string of the molecule is Cc1ccccc1C(=O)Nc1cnn(Cc2cccc(Cl)c2)c1. The Labute approximate surface area is 139 Å². The molecule has 0 bridgehead atoms. The van der Waals surface area contributed by atoms with E-state index >= 15 is 0 Å². The summed E-state index contributed by atoms with van der Waals surface area (Å²) in [5, 5.41) is 7.83. The summed E-state index contributed by atoms with van der Waals surface area (Å²) in [6, 6.07) is 15.1. The Morgan fingerprint density at radius 2 is 2.04 bits per heavy atom. The molecule has 116 valence electrons. The monoisotopic (exact) mass is 325 g/mol. The lowest BCUT2D eigenvalue weighted by atomic mass is 10.1. The van der Waals surface area contributed by atoms with Gasteiger partial charge in [-0.25, -0.2) is 0 Å². The molecule has 0 unspecified atom stereocenters. The molecule has 0 aliphatic carbocycles. The summed E-state index contributed by atoms with van der Waals surface area (Å²) in [5.74, 6) is -0.134. The maximum Gasteiger partial charge on any atom is 0.256 e. The van der Waals surface area contributed by atoms with Crippen molar-refractivity contribution in [1.82, 2.24) is 9.78 Å². The molecule has 0 spiro atoms. The highest BCUT2D eigenvalue weighted by Crippen LogP contribution is 2.14. The fourth-order valence-corrected chi connectivity index (χ4v) is 2.58. The number of rotatable bonds is 4. The number of anilines is 1. The molecule has 1 aromatic heterocycles. The van der Waals surface area contributed by atoms with Crippen LogP contribution in [0.5, 0.6) is 0 Å². The molecule has 0 saturated carbocycles. The van der Waals surface area contributed by atoms with Crippen molar-refractivity contribution in [3.8, 4) is 0 Å². The van der Waals surface area contributed by atoms with E-state index in [9.17, 15) is 4.79 Å². The maximum atomic E-state index is 12.3. The largest absolute Gasteiger partial charge is 0.319 e. The predicted octanol–water partition coefficient (Wildman–Crippen LogP) is 4.15. The van der Waals surface area contributed by atoms with Gasteiger partial charge in [-0.05, 0) is 36.2 Å². The lowest BCUT2D eigenvalue weighted by Gasteiger charge is -2.05. The number of amides is 1. The van der Waals surface area contributed by atoms with Crippen molar-refractivity contribution in [3.05, 3.63) is 82.6 Å². The molecule has 3 rings (SSSR count). The Morgan fingerprint density at radius 3 is 2.83 bits per heavy atom. The quantitative estimate of drug-likeness (QED) is 0.783. The number of carbonyl (C=O) groups excluding carboxylic acids is 1. The van der Waals surface area contributed by atoms with E-state index < -0.39 is 0 Å². The number of halogens is 1. The first-order chi connectivity index (χ1) is 11.1. The van der Waals surface area contributed by atoms with E-state index in [4.69, 9.17) is 11.6 Å². The summed E-state index contributed by atoms with van der Waals surface area (Å²) in [4.78, 5) is 12.3. The Kier molecular flexibility index (Phi) is 4.44. The molecule has 1 N–H and O–H groups in total. The van der Waals surface area contributed by atoms with Gasteiger partial charge < -0.3 is 5.32 Å². The lowest BCUT2D eigenvalue weighted by Crippen LogP contribution is -2.12. The molecule has 1 amide bonds. The number of nitrogens with one attached hydrogen (secondary N) is 1. The molecular formula is C18H16ClN3O. The van der Waals surface area contributed by atoms with Crippen LogP contribution in [0.4, 0.5) is 5.69 Å². The van der Waals surface area contributed by atoms with Crippen molar-refractivity contribution in [2.45, 2.75) is 13.5 Å². The molecule has 23 heavy (non-hydrogen) atoms. The van der Waals surface area contributed by atoms with Gasteiger partial charge in [0.05, 0.1) is 18.4 Å². The van der Waals surface area contributed by atoms with Crippen LogP contribution in [0.1, 0.15) is 21.5 Å². The van der Waals surface area contributed by atoms with Crippen LogP contribution in [0.3, 0.4) is 0 Å². The highest BCUT2D eigenvalue weighted by molar-refractivity contribution is 6.30. The van der Waals surface area contributed by atoms with Crippen LogP contribution in [-0.4, -0.2) is 15.7 Å². The Morgan fingerprint density at radius 1 is 1.22 bits per heavy atom. The number of hydrogen-bond donors (Lipinski definition) is 1. The highest BCUT2D eigenvalue weighted by atomic mass is 35.5. The minimum absolute atomic E-state index is 0.134. The van der Waals surface area contributed by atoms with Crippen molar-refractivity contribution < 1.29 is 4.79 Å². The van der Waals surface area contributed by atoms with Gasteiger partial charge in [-0.3, -0.25) is 9.48 Å². The van der Waals surface area contributed by atoms with E-state index in [-0.39, 0.29) is 5.91 Å². The fourth-order valence-electron chi connectivity index (χ4n) is 2.36. The fraction of sp³-hybridized carbons (Fsp3) is 0.111. The van der Waals surface area contributed by atoms with Gasteiger partial charge in [0.1, 0.15) is 0 Å². The van der Waals surface area contributed by atoms with Crippen molar-refractivity contribution in [2.24, 2.45) is 0 Å². The average molecular weight is 326 g/mol. The number of nitrogens with zero attached hydrogens (tertiary/aromatic N) is 2. The third-order valence-corrected chi connectivity index (χ3v) is 3.75. The number of benzene rings is 2. The molecule has 0 aliphatic rings. The van der Waals surface area contributed by atoms with Crippen molar-refractivity contribution in [2.75, 3.05) is 5.32 Å². The smallest absolute Gasteiger partial charge is 0.256 e. The van der Waals surface area contributed by atoms with Crippen LogP contribution in [-0.2, 0) is 6.54 Å². The summed E-state index contributed by atoms with van der Waals surface area (Å²) in [5.41, 5.74) is 3.32. The molecule has 4 nitrogen and oxygen atoms in total. The first kappa shape index (κ1) is 15.3. The number of aryl methyl sites for hydroxylation is 1. The van der Waals surface area contributed by atoms with Crippen molar-refractivity contribution in [1.29, 1.82) is 0 Å². The van der Waals surface area contributed by atoms with E-state index in [0.29, 0.717) is 22.8 Å². The van der Waals surface area contributed by atoms with Crippen LogP contribution in [0, 0.1) is 6.92 Å². The minimum Gasteiger partial charge on any atom is -0.319 e. The van der Waals surface area contributed by atoms with E-state index in [1.165, 1.54) is 0 Å². The minimum atomic E-state index is -0.134. The summed E-state index contributed by atoms with van der Waals surface area (Å²) < 4.78 is 1.76. The van der Waals surface area contributed by atoms with Gasteiger partial charge >= 0.3 is 0 Å². The van der Waals surface area contributed by atoms with Crippen molar-refractivity contribution in [3.63, 3.8) is 0 Å². The topological polar surface area (TPSA) is 46.9 Å². The third-order valence-electron chi connectivity index (χ3n) is 3.51. The first-order valence-corrected chi connectivity index (χ1v) is 7.63.